The van der Waals surface area contributed by atoms with Gasteiger partial charge in [-0.3, -0.25) is 4.79 Å². The molecule has 0 bridgehead atoms. The molecular weight excluding hydrogens is 506 g/mol. The van der Waals surface area contributed by atoms with Gasteiger partial charge in [0, 0.05) is 12.1 Å². The third kappa shape index (κ3) is 9.39. The minimum Gasteiger partial charge on any atom is -0.496 e. The molecule has 2 aromatic carbocycles. The van der Waals surface area contributed by atoms with Crippen molar-refractivity contribution in [2.45, 2.75) is 77.7 Å². The van der Waals surface area contributed by atoms with Crippen LogP contribution in [0.4, 0.5) is 5.69 Å². The molecule has 3 rings (SSSR count). The Morgan fingerprint density at radius 2 is 1.45 bits per heavy atom. The Balaban J connectivity index is 1.68. The average molecular weight is 550 g/mol. The lowest BCUT2D eigenvalue weighted by Crippen LogP contribution is -2.16. The molecule has 0 saturated carbocycles. The molecule has 1 heterocycles. The number of carbonyl (C=O) groups is 1. The summed E-state index contributed by atoms with van der Waals surface area (Å²) in [6.07, 6.45) is 14.3. The van der Waals surface area contributed by atoms with E-state index < -0.39 is 5.91 Å². The summed E-state index contributed by atoms with van der Waals surface area (Å²) in [7, 11) is 4.59. The Labute approximate surface area is 237 Å². The van der Waals surface area contributed by atoms with Crippen molar-refractivity contribution < 1.29 is 19.0 Å². The molecule has 1 aromatic heterocycles. The monoisotopic (exact) mass is 549 g/mol. The largest absolute Gasteiger partial charge is 0.496 e. The summed E-state index contributed by atoms with van der Waals surface area (Å²) in [5, 5.41) is 15.9. The van der Waals surface area contributed by atoms with Gasteiger partial charge in [0.25, 0.3) is 5.91 Å². The number of unbranched alkanes of at least 4 members (excludes halogenated alkanes) is 9. The first-order valence-electron chi connectivity index (χ1n) is 14.3. The van der Waals surface area contributed by atoms with Crippen molar-refractivity contribution in [3.8, 4) is 17.2 Å². The number of hydrogen-bond acceptors (Lipinski definition) is 7. The van der Waals surface area contributed by atoms with E-state index in [-0.39, 0.29) is 11.4 Å². The number of ether oxygens (including phenoxy) is 3. The van der Waals surface area contributed by atoms with Gasteiger partial charge in [0.1, 0.15) is 22.9 Å². The quantitative estimate of drug-likeness (QED) is 0.138. The molecular formula is C31H43N5O4. The van der Waals surface area contributed by atoms with E-state index in [4.69, 9.17) is 14.2 Å². The maximum Gasteiger partial charge on any atom is 0.259 e. The van der Waals surface area contributed by atoms with Crippen LogP contribution in [0.15, 0.2) is 42.5 Å². The van der Waals surface area contributed by atoms with Crippen molar-refractivity contribution in [1.29, 1.82) is 0 Å². The van der Waals surface area contributed by atoms with Crippen molar-refractivity contribution in [2.24, 2.45) is 0 Å². The number of nitrogens with one attached hydrogen (secondary N) is 1. The highest BCUT2D eigenvalue weighted by Crippen LogP contribution is 2.39. The van der Waals surface area contributed by atoms with Gasteiger partial charge in [-0.2, -0.15) is 4.80 Å². The summed E-state index contributed by atoms with van der Waals surface area (Å²) in [4.78, 5) is 15.2. The van der Waals surface area contributed by atoms with E-state index in [2.05, 4.69) is 27.7 Å². The van der Waals surface area contributed by atoms with E-state index in [1.54, 1.807) is 30.1 Å². The molecule has 0 aliphatic rings. The predicted octanol–water partition coefficient (Wildman–Crippen LogP) is 6.80. The molecule has 0 saturated heterocycles. The average Bonchev–Trinajstić information content (AvgIpc) is 3.45. The molecule has 1 amide bonds. The molecule has 0 aliphatic carbocycles. The maximum absolute atomic E-state index is 13.6. The predicted molar refractivity (Wildman–Crippen MR) is 159 cm³/mol. The van der Waals surface area contributed by atoms with Gasteiger partial charge in [0.05, 0.1) is 33.4 Å². The second-order valence-corrected chi connectivity index (χ2v) is 9.72. The second kappa shape index (κ2) is 16.9. The van der Waals surface area contributed by atoms with Crippen molar-refractivity contribution in [3.63, 3.8) is 0 Å². The highest BCUT2D eigenvalue weighted by atomic mass is 16.5. The molecule has 1 N–H and O–H groups in total. The third-order valence-electron chi connectivity index (χ3n) is 6.71. The second-order valence-electron chi connectivity index (χ2n) is 9.72. The molecule has 0 atom stereocenters. The molecule has 0 aliphatic heterocycles. The zero-order chi connectivity index (χ0) is 28.6. The Hall–Kier alpha value is -3.88. The summed E-state index contributed by atoms with van der Waals surface area (Å²) < 4.78 is 16.3. The van der Waals surface area contributed by atoms with E-state index in [0.717, 1.165) is 18.4 Å². The van der Waals surface area contributed by atoms with Crippen molar-refractivity contribution >= 4 is 23.2 Å². The lowest BCUT2D eigenvalue weighted by molar-refractivity contribution is -0.111. The van der Waals surface area contributed by atoms with Gasteiger partial charge in [0.15, 0.2) is 0 Å². The molecule has 40 heavy (non-hydrogen) atoms. The zero-order valence-electron chi connectivity index (χ0n) is 24.3. The van der Waals surface area contributed by atoms with Crippen LogP contribution in [0.2, 0.25) is 0 Å². The highest BCUT2D eigenvalue weighted by molar-refractivity contribution is 6.28. The molecule has 0 fully saturated rings. The number of rotatable bonds is 18. The van der Waals surface area contributed by atoms with Gasteiger partial charge in [-0.25, -0.2) is 0 Å². The first kappa shape index (κ1) is 30.7. The van der Waals surface area contributed by atoms with Crippen LogP contribution in [0.1, 0.15) is 82.5 Å². The Morgan fingerprint density at radius 3 is 2.02 bits per heavy atom. The van der Waals surface area contributed by atoms with Crippen LogP contribution in [-0.4, -0.2) is 47.4 Å². The zero-order valence-corrected chi connectivity index (χ0v) is 24.3. The standard InChI is InChI=1S/C31H43N5O4/c1-5-6-7-8-9-10-11-12-13-17-20-36-34-30(33-35-36)26(21-24-18-15-14-16-19-24)31(37)32-29-27(39-3)22-25(38-2)23-28(29)40-4/h14-16,18-19,21-23H,5-13,17,20H2,1-4H3,(H,32,37). The number of aromatic nitrogens is 4. The van der Waals surface area contributed by atoms with Crippen LogP contribution < -0.4 is 19.5 Å². The van der Waals surface area contributed by atoms with Gasteiger partial charge in [0.2, 0.25) is 5.82 Å². The number of aryl methyl sites for hydroxylation is 1. The normalized spacial score (nSPS) is 11.3. The van der Waals surface area contributed by atoms with Crippen LogP contribution in [0.25, 0.3) is 11.6 Å². The lowest BCUT2D eigenvalue weighted by atomic mass is 10.1. The minimum atomic E-state index is -0.413. The summed E-state index contributed by atoms with van der Waals surface area (Å²) in [5.41, 5.74) is 1.50. The number of nitrogens with zero attached hydrogens (tertiary/aromatic N) is 4. The maximum atomic E-state index is 13.6. The topological polar surface area (TPSA) is 100 Å². The molecule has 9 nitrogen and oxygen atoms in total. The summed E-state index contributed by atoms with van der Waals surface area (Å²) in [6, 6.07) is 12.9. The van der Waals surface area contributed by atoms with Crippen LogP contribution in [0.5, 0.6) is 17.2 Å². The Kier molecular flexibility index (Phi) is 13.0. The number of methoxy groups -OCH3 is 3. The fraction of sp³-hybridized carbons (Fsp3) is 0.484. The van der Waals surface area contributed by atoms with Crippen LogP contribution in [-0.2, 0) is 11.3 Å². The Bertz CT molecular complexity index is 1180. The molecule has 3 aromatic rings. The summed E-state index contributed by atoms with van der Waals surface area (Å²) in [6.45, 7) is 2.91. The number of anilines is 1. The van der Waals surface area contributed by atoms with Gasteiger partial charge < -0.3 is 19.5 Å². The number of hydrogen-bond donors (Lipinski definition) is 1. The SMILES string of the molecule is CCCCCCCCCCCCn1nnc(C(=Cc2ccccc2)C(=O)Nc2c(OC)cc(OC)cc2OC)n1. The number of tetrazole rings is 1. The minimum absolute atomic E-state index is 0.250. The summed E-state index contributed by atoms with van der Waals surface area (Å²) >= 11 is 0. The number of benzene rings is 2. The van der Waals surface area contributed by atoms with Gasteiger partial charge >= 0.3 is 0 Å². The van der Waals surface area contributed by atoms with E-state index in [1.165, 1.54) is 65.6 Å². The molecule has 216 valence electrons. The fourth-order valence-electron chi connectivity index (χ4n) is 4.44. The highest BCUT2D eigenvalue weighted by Gasteiger charge is 2.22. The van der Waals surface area contributed by atoms with E-state index in [1.807, 2.05) is 30.3 Å². The number of amides is 1. The fourth-order valence-corrected chi connectivity index (χ4v) is 4.44. The van der Waals surface area contributed by atoms with Gasteiger partial charge in [-0.1, -0.05) is 95.0 Å². The van der Waals surface area contributed by atoms with Crippen molar-refractivity contribution in [3.05, 3.63) is 53.9 Å². The first-order chi connectivity index (χ1) is 19.6. The third-order valence-corrected chi connectivity index (χ3v) is 6.71. The molecule has 0 unspecified atom stereocenters. The van der Waals surface area contributed by atoms with Gasteiger partial charge in [-0.15, -0.1) is 10.2 Å². The first-order valence-corrected chi connectivity index (χ1v) is 14.3. The lowest BCUT2D eigenvalue weighted by Gasteiger charge is -2.16. The summed E-state index contributed by atoms with van der Waals surface area (Å²) in [5.74, 6) is 1.19. The smallest absolute Gasteiger partial charge is 0.259 e. The number of carbonyl (C=O) groups excluding carboxylic acids is 1. The van der Waals surface area contributed by atoms with Crippen LogP contribution in [0.3, 0.4) is 0 Å². The van der Waals surface area contributed by atoms with E-state index in [9.17, 15) is 4.79 Å². The van der Waals surface area contributed by atoms with Crippen LogP contribution in [0, 0.1) is 0 Å². The van der Waals surface area contributed by atoms with Crippen molar-refractivity contribution in [1.82, 2.24) is 20.2 Å². The molecule has 9 heteroatoms. The van der Waals surface area contributed by atoms with Crippen molar-refractivity contribution in [2.75, 3.05) is 26.6 Å². The molecule has 0 radical (unpaired) electrons. The van der Waals surface area contributed by atoms with E-state index in [0.29, 0.717) is 29.5 Å². The van der Waals surface area contributed by atoms with Crippen LogP contribution >= 0.6 is 0 Å². The van der Waals surface area contributed by atoms with E-state index >= 15 is 0 Å². The molecule has 0 spiro atoms. The Morgan fingerprint density at radius 1 is 0.850 bits per heavy atom. The van der Waals surface area contributed by atoms with Gasteiger partial charge in [-0.05, 0) is 23.3 Å².